The van der Waals surface area contributed by atoms with Crippen LogP contribution in [0.15, 0.2) is 30.3 Å². The van der Waals surface area contributed by atoms with Crippen molar-refractivity contribution < 1.29 is 9.53 Å². The molecule has 2 aliphatic rings. The van der Waals surface area contributed by atoms with Crippen LogP contribution in [-0.4, -0.2) is 47.6 Å². The minimum absolute atomic E-state index is 0.150. The standard InChI is InChI=1S/C26H32N4O2/c1-18(2)24-22-17-32-26(3,4)15-20(22)21(16-27)25(28-24)30-12-10-29(11-13-30)23(31)14-19-8-6-5-7-9-19/h5-9,18H,10-15,17H2,1-4H3. The lowest BCUT2D eigenvalue weighted by Crippen LogP contribution is -2.50. The van der Waals surface area contributed by atoms with E-state index in [1.807, 2.05) is 35.2 Å². The Morgan fingerprint density at radius 3 is 2.47 bits per heavy atom. The molecule has 168 valence electrons. The molecule has 6 nitrogen and oxygen atoms in total. The van der Waals surface area contributed by atoms with Gasteiger partial charge in [-0.1, -0.05) is 44.2 Å². The average molecular weight is 433 g/mol. The third kappa shape index (κ3) is 4.49. The highest BCUT2D eigenvalue weighted by Crippen LogP contribution is 2.37. The van der Waals surface area contributed by atoms with Crippen LogP contribution in [0.4, 0.5) is 5.82 Å². The topological polar surface area (TPSA) is 69.5 Å². The number of hydrogen-bond acceptors (Lipinski definition) is 5. The molecule has 1 aromatic heterocycles. The van der Waals surface area contributed by atoms with E-state index in [0.717, 1.165) is 28.2 Å². The van der Waals surface area contributed by atoms with Crippen LogP contribution in [0.2, 0.25) is 0 Å². The molecule has 0 saturated carbocycles. The second-order valence-electron chi connectivity index (χ2n) is 9.67. The summed E-state index contributed by atoms with van der Waals surface area (Å²) >= 11 is 0. The van der Waals surface area contributed by atoms with Gasteiger partial charge in [-0.3, -0.25) is 4.79 Å². The van der Waals surface area contributed by atoms with Gasteiger partial charge >= 0.3 is 0 Å². The summed E-state index contributed by atoms with van der Waals surface area (Å²) in [7, 11) is 0. The van der Waals surface area contributed by atoms with Crippen molar-refractivity contribution in [1.29, 1.82) is 5.26 Å². The summed E-state index contributed by atoms with van der Waals surface area (Å²) in [6, 6.07) is 12.3. The number of carbonyl (C=O) groups excluding carboxylic acids is 1. The van der Waals surface area contributed by atoms with E-state index in [9.17, 15) is 10.1 Å². The molecule has 4 rings (SSSR count). The molecule has 0 bridgehead atoms. The second kappa shape index (κ2) is 8.91. The molecule has 0 atom stereocenters. The molecule has 1 amide bonds. The lowest BCUT2D eigenvalue weighted by molar-refractivity contribution is -0.130. The molecule has 32 heavy (non-hydrogen) atoms. The quantitative estimate of drug-likeness (QED) is 0.735. The molecular weight excluding hydrogens is 400 g/mol. The Morgan fingerprint density at radius 2 is 1.84 bits per heavy atom. The second-order valence-corrected chi connectivity index (χ2v) is 9.67. The molecule has 1 fully saturated rings. The molecule has 6 heteroatoms. The fourth-order valence-corrected chi connectivity index (χ4v) is 4.65. The molecule has 2 aliphatic heterocycles. The summed E-state index contributed by atoms with van der Waals surface area (Å²) in [5, 5.41) is 10.1. The molecule has 2 aromatic rings. The summed E-state index contributed by atoms with van der Waals surface area (Å²) in [6.07, 6.45) is 1.13. The first kappa shape index (κ1) is 22.3. The zero-order valence-corrected chi connectivity index (χ0v) is 19.5. The highest BCUT2D eigenvalue weighted by Gasteiger charge is 2.34. The van der Waals surface area contributed by atoms with Crippen LogP contribution in [0.25, 0.3) is 0 Å². The van der Waals surface area contributed by atoms with Crippen LogP contribution >= 0.6 is 0 Å². The third-order valence-electron chi connectivity index (χ3n) is 6.42. The number of carbonyl (C=O) groups is 1. The van der Waals surface area contributed by atoms with Gasteiger partial charge in [0.2, 0.25) is 5.91 Å². The van der Waals surface area contributed by atoms with Crippen molar-refractivity contribution in [1.82, 2.24) is 9.88 Å². The van der Waals surface area contributed by atoms with E-state index in [1.165, 1.54) is 0 Å². The van der Waals surface area contributed by atoms with E-state index in [4.69, 9.17) is 9.72 Å². The van der Waals surface area contributed by atoms with E-state index >= 15 is 0 Å². The fourth-order valence-electron chi connectivity index (χ4n) is 4.65. The number of fused-ring (bicyclic) bond motifs is 1. The summed E-state index contributed by atoms with van der Waals surface area (Å²) in [5.74, 6) is 1.16. The highest BCUT2D eigenvalue weighted by molar-refractivity contribution is 5.79. The van der Waals surface area contributed by atoms with Gasteiger partial charge < -0.3 is 14.5 Å². The summed E-state index contributed by atoms with van der Waals surface area (Å²) in [6.45, 7) is 11.6. The van der Waals surface area contributed by atoms with Crippen molar-refractivity contribution in [2.75, 3.05) is 31.1 Å². The molecular formula is C26H32N4O2. The van der Waals surface area contributed by atoms with E-state index in [2.05, 4.69) is 38.7 Å². The van der Waals surface area contributed by atoms with E-state index in [-0.39, 0.29) is 17.4 Å². The Kier molecular flexibility index (Phi) is 6.21. The molecule has 0 radical (unpaired) electrons. The zero-order chi connectivity index (χ0) is 22.9. The van der Waals surface area contributed by atoms with Crippen LogP contribution < -0.4 is 4.90 Å². The number of piperazine rings is 1. The van der Waals surface area contributed by atoms with Crippen molar-refractivity contribution >= 4 is 11.7 Å². The van der Waals surface area contributed by atoms with Crippen molar-refractivity contribution in [3.05, 3.63) is 58.3 Å². The minimum Gasteiger partial charge on any atom is -0.370 e. The summed E-state index contributed by atoms with van der Waals surface area (Å²) in [4.78, 5) is 21.9. The highest BCUT2D eigenvalue weighted by atomic mass is 16.5. The normalized spacial score (nSPS) is 17.8. The Morgan fingerprint density at radius 1 is 1.16 bits per heavy atom. The van der Waals surface area contributed by atoms with Gasteiger partial charge in [0.25, 0.3) is 0 Å². The van der Waals surface area contributed by atoms with Crippen molar-refractivity contribution in [2.45, 2.75) is 58.7 Å². The average Bonchev–Trinajstić information content (AvgIpc) is 2.78. The van der Waals surface area contributed by atoms with Gasteiger partial charge in [-0.05, 0) is 30.9 Å². The number of rotatable bonds is 4. The third-order valence-corrected chi connectivity index (χ3v) is 6.42. The first-order chi connectivity index (χ1) is 15.3. The summed E-state index contributed by atoms with van der Waals surface area (Å²) < 4.78 is 6.05. The van der Waals surface area contributed by atoms with Gasteiger partial charge in [0.1, 0.15) is 11.9 Å². The number of anilines is 1. The van der Waals surface area contributed by atoms with Crippen molar-refractivity contribution in [3.63, 3.8) is 0 Å². The Labute approximate surface area is 190 Å². The molecule has 3 heterocycles. The van der Waals surface area contributed by atoms with Crippen molar-refractivity contribution in [2.24, 2.45) is 0 Å². The maximum absolute atomic E-state index is 12.8. The van der Waals surface area contributed by atoms with Gasteiger partial charge in [0.05, 0.1) is 29.9 Å². The van der Waals surface area contributed by atoms with Gasteiger partial charge in [-0.25, -0.2) is 4.98 Å². The van der Waals surface area contributed by atoms with E-state index in [0.29, 0.717) is 51.2 Å². The SMILES string of the molecule is CC(C)c1nc(N2CCN(C(=O)Cc3ccccc3)CC2)c(C#N)c2c1COC(C)(C)C2. The molecule has 1 aromatic carbocycles. The number of benzene rings is 1. The number of nitriles is 1. The van der Waals surface area contributed by atoms with Crippen LogP contribution in [0, 0.1) is 11.3 Å². The number of ether oxygens (including phenoxy) is 1. The van der Waals surface area contributed by atoms with Crippen LogP contribution in [0.3, 0.4) is 0 Å². The molecule has 0 unspecified atom stereocenters. The maximum atomic E-state index is 12.8. The lowest BCUT2D eigenvalue weighted by Gasteiger charge is -2.38. The van der Waals surface area contributed by atoms with Gasteiger partial charge in [-0.2, -0.15) is 5.26 Å². The number of hydrogen-bond donors (Lipinski definition) is 0. The number of aromatic nitrogens is 1. The smallest absolute Gasteiger partial charge is 0.227 e. The summed E-state index contributed by atoms with van der Waals surface area (Å²) in [5.41, 5.74) is 4.59. The van der Waals surface area contributed by atoms with Gasteiger partial charge in [0, 0.05) is 38.2 Å². The van der Waals surface area contributed by atoms with E-state index < -0.39 is 0 Å². The molecule has 1 saturated heterocycles. The largest absolute Gasteiger partial charge is 0.370 e. The number of amides is 1. The predicted molar refractivity (Wildman–Crippen MR) is 125 cm³/mol. The molecule has 0 spiro atoms. The first-order valence-electron chi connectivity index (χ1n) is 11.5. The first-order valence-corrected chi connectivity index (χ1v) is 11.5. The number of pyridine rings is 1. The zero-order valence-electron chi connectivity index (χ0n) is 19.5. The minimum atomic E-state index is -0.298. The monoisotopic (exact) mass is 432 g/mol. The van der Waals surface area contributed by atoms with E-state index in [1.54, 1.807) is 0 Å². The Bertz CT molecular complexity index is 1030. The number of nitrogens with zero attached hydrogens (tertiary/aromatic N) is 4. The predicted octanol–water partition coefficient (Wildman–Crippen LogP) is 3.82. The van der Waals surface area contributed by atoms with Gasteiger partial charge in [0.15, 0.2) is 0 Å². The lowest BCUT2D eigenvalue weighted by atomic mass is 9.86. The Hall–Kier alpha value is -2.91. The molecule has 0 N–H and O–H groups in total. The van der Waals surface area contributed by atoms with Crippen LogP contribution in [0.1, 0.15) is 61.6 Å². The van der Waals surface area contributed by atoms with Crippen molar-refractivity contribution in [3.8, 4) is 6.07 Å². The fraction of sp³-hybridized carbons (Fsp3) is 0.500. The van der Waals surface area contributed by atoms with Crippen LogP contribution in [-0.2, 0) is 29.0 Å². The Balaban J connectivity index is 1.56. The maximum Gasteiger partial charge on any atom is 0.227 e. The molecule has 0 aliphatic carbocycles. The van der Waals surface area contributed by atoms with Crippen LogP contribution in [0.5, 0.6) is 0 Å². The van der Waals surface area contributed by atoms with Gasteiger partial charge in [-0.15, -0.1) is 0 Å².